The number of carbonyl (C=O) groups is 1. The standard InChI is InChI=1S/C16H20FN5O/c1-22(2)11-3-9-18-15(23)14-8-10-19-16(21-14)20-13-6-4-12(17)5-7-13/h4-8,10H,3,9,11H2,1-2H3,(H,18,23)(H,19,20,21). The summed E-state index contributed by atoms with van der Waals surface area (Å²) in [5.41, 5.74) is 0.935. The average Bonchev–Trinajstić information content (AvgIpc) is 2.54. The van der Waals surface area contributed by atoms with E-state index in [1.54, 1.807) is 18.2 Å². The molecule has 0 atom stereocenters. The molecule has 7 heteroatoms. The van der Waals surface area contributed by atoms with Crippen LogP contribution in [0.25, 0.3) is 0 Å². The summed E-state index contributed by atoms with van der Waals surface area (Å²) in [6, 6.07) is 7.38. The number of amides is 1. The summed E-state index contributed by atoms with van der Waals surface area (Å²) in [5.74, 6) is -0.270. The highest BCUT2D eigenvalue weighted by atomic mass is 19.1. The first kappa shape index (κ1) is 16.8. The number of benzene rings is 1. The van der Waals surface area contributed by atoms with Crippen molar-refractivity contribution in [2.75, 3.05) is 32.5 Å². The molecule has 0 saturated carbocycles. The Bertz CT molecular complexity index is 645. The van der Waals surface area contributed by atoms with Crippen molar-refractivity contribution < 1.29 is 9.18 Å². The Hall–Kier alpha value is -2.54. The number of hydrogen-bond donors (Lipinski definition) is 2. The van der Waals surface area contributed by atoms with Gasteiger partial charge in [-0.1, -0.05) is 0 Å². The van der Waals surface area contributed by atoms with Gasteiger partial charge in [0.05, 0.1) is 0 Å². The number of aromatic nitrogens is 2. The van der Waals surface area contributed by atoms with Gasteiger partial charge in [-0.2, -0.15) is 0 Å². The SMILES string of the molecule is CN(C)CCCNC(=O)c1ccnc(Nc2ccc(F)cc2)n1. The summed E-state index contributed by atoms with van der Waals surface area (Å²) in [7, 11) is 3.97. The molecule has 0 radical (unpaired) electrons. The van der Waals surface area contributed by atoms with Gasteiger partial charge in [0.25, 0.3) is 5.91 Å². The van der Waals surface area contributed by atoms with Crippen molar-refractivity contribution in [1.82, 2.24) is 20.2 Å². The van der Waals surface area contributed by atoms with Gasteiger partial charge < -0.3 is 15.5 Å². The second-order valence-electron chi connectivity index (χ2n) is 5.31. The molecular weight excluding hydrogens is 297 g/mol. The van der Waals surface area contributed by atoms with E-state index >= 15 is 0 Å². The van der Waals surface area contributed by atoms with Crippen molar-refractivity contribution >= 4 is 17.5 Å². The third-order valence-electron chi connectivity index (χ3n) is 3.06. The van der Waals surface area contributed by atoms with Crippen LogP contribution in [-0.2, 0) is 0 Å². The number of halogens is 1. The number of nitrogens with one attached hydrogen (secondary N) is 2. The van der Waals surface area contributed by atoms with Gasteiger partial charge in [0, 0.05) is 18.4 Å². The van der Waals surface area contributed by atoms with Crippen LogP contribution in [0.4, 0.5) is 16.0 Å². The number of hydrogen-bond acceptors (Lipinski definition) is 5. The van der Waals surface area contributed by atoms with Crippen LogP contribution >= 0.6 is 0 Å². The van der Waals surface area contributed by atoms with Crippen LogP contribution in [0.1, 0.15) is 16.9 Å². The molecule has 2 N–H and O–H groups in total. The van der Waals surface area contributed by atoms with Crippen molar-refractivity contribution in [1.29, 1.82) is 0 Å². The highest BCUT2D eigenvalue weighted by Crippen LogP contribution is 2.13. The van der Waals surface area contributed by atoms with Crippen LogP contribution in [0, 0.1) is 5.82 Å². The van der Waals surface area contributed by atoms with Crippen molar-refractivity contribution in [2.24, 2.45) is 0 Å². The van der Waals surface area contributed by atoms with E-state index in [1.165, 1.54) is 18.3 Å². The maximum absolute atomic E-state index is 12.9. The lowest BCUT2D eigenvalue weighted by atomic mass is 10.3. The summed E-state index contributed by atoms with van der Waals surface area (Å²) >= 11 is 0. The fourth-order valence-corrected chi connectivity index (χ4v) is 1.90. The zero-order valence-corrected chi connectivity index (χ0v) is 13.2. The molecule has 1 heterocycles. The summed E-state index contributed by atoms with van der Waals surface area (Å²) in [4.78, 5) is 22.3. The van der Waals surface area contributed by atoms with Gasteiger partial charge in [-0.25, -0.2) is 14.4 Å². The van der Waals surface area contributed by atoms with Crippen LogP contribution in [0.5, 0.6) is 0 Å². The minimum absolute atomic E-state index is 0.242. The lowest BCUT2D eigenvalue weighted by Crippen LogP contribution is -2.28. The third-order valence-corrected chi connectivity index (χ3v) is 3.06. The Balaban J connectivity index is 1.93. The van der Waals surface area contributed by atoms with E-state index in [1.807, 2.05) is 14.1 Å². The van der Waals surface area contributed by atoms with Crippen molar-refractivity contribution in [2.45, 2.75) is 6.42 Å². The first-order valence-corrected chi connectivity index (χ1v) is 7.33. The number of rotatable bonds is 7. The van der Waals surface area contributed by atoms with E-state index in [-0.39, 0.29) is 23.4 Å². The summed E-state index contributed by atoms with van der Waals surface area (Å²) in [5, 5.41) is 5.75. The number of carbonyl (C=O) groups excluding carboxylic acids is 1. The summed E-state index contributed by atoms with van der Waals surface area (Å²) < 4.78 is 12.9. The Labute approximate surface area is 134 Å². The zero-order chi connectivity index (χ0) is 16.7. The second-order valence-corrected chi connectivity index (χ2v) is 5.31. The van der Waals surface area contributed by atoms with Crippen LogP contribution in [-0.4, -0.2) is 48.0 Å². The molecule has 0 aliphatic rings. The van der Waals surface area contributed by atoms with Crippen LogP contribution in [0.3, 0.4) is 0 Å². The van der Waals surface area contributed by atoms with Gasteiger partial charge >= 0.3 is 0 Å². The molecule has 1 amide bonds. The molecule has 0 fully saturated rings. The molecule has 0 aliphatic heterocycles. The first-order valence-electron chi connectivity index (χ1n) is 7.33. The predicted octanol–water partition coefficient (Wildman–Crippen LogP) is 2.04. The normalized spacial score (nSPS) is 10.6. The van der Waals surface area contributed by atoms with E-state index in [0.29, 0.717) is 12.2 Å². The molecule has 0 bridgehead atoms. The molecule has 0 saturated heterocycles. The molecule has 0 unspecified atom stereocenters. The van der Waals surface area contributed by atoms with Crippen molar-refractivity contribution in [3.8, 4) is 0 Å². The van der Waals surface area contributed by atoms with Gasteiger partial charge in [-0.05, 0) is 57.4 Å². The quantitative estimate of drug-likeness (QED) is 0.765. The Morgan fingerprint density at radius 3 is 2.65 bits per heavy atom. The monoisotopic (exact) mass is 317 g/mol. The van der Waals surface area contributed by atoms with Crippen molar-refractivity contribution in [3.05, 3.63) is 48.0 Å². The molecule has 0 spiro atoms. The Morgan fingerprint density at radius 1 is 1.22 bits per heavy atom. The summed E-state index contributed by atoms with van der Waals surface area (Å²) in [6.45, 7) is 1.49. The fourth-order valence-electron chi connectivity index (χ4n) is 1.90. The Morgan fingerprint density at radius 2 is 1.96 bits per heavy atom. The van der Waals surface area contributed by atoms with Crippen molar-refractivity contribution in [3.63, 3.8) is 0 Å². The van der Waals surface area contributed by atoms with Crippen LogP contribution in [0.15, 0.2) is 36.5 Å². The third kappa shape index (κ3) is 5.63. The lowest BCUT2D eigenvalue weighted by Gasteiger charge is -2.10. The zero-order valence-electron chi connectivity index (χ0n) is 13.2. The van der Waals surface area contributed by atoms with E-state index in [4.69, 9.17) is 0 Å². The highest BCUT2D eigenvalue weighted by molar-refractivity contribution is 5.92. The van der Waals surface area contributed by atoms with Crippen LogP contribution in [0.2, 0.25) is 0 Å². The molecule has 23 heavy (non-hydrogen) atoms. The van der Waals surface area contributed by atoms with Gasteiger partial charge in [0.2, 0.25) is 5.95 Å². The molecular formula is C16H20FN5O. The van der Waals surface area contributed by atoms with Gasteiger partial charge in [0.15, 0.2) is 0 Å². The van der Waals surface area contributed by atoms with Gasteiger partial charge in [-0.15, -0.1) is 0 Å². The highest BCUT2D eigenvalue weighted by Gasteiger charge is 2.08. The average molecular weight is 317 g/mol. The molecule has 0 aliphatic carbocycles. The van der Waals surface area contributed by atoms with E-state index in [9.17, 15) is 9.18 Å². The molecule has 1 aromatic heterocycles. The molecule has 6 nitrogen and oxygen atoms in total. The molecule has 122 valence electrons. The second kappa shape index (κ2) is 8.19. The molecule has 2 aromatic rings. The first-order chi connectivity index (χ1) is 11.0. The van der Waals surface area contributed by atoms with E-state index < -0.39 is 0 Å². The smallest absolute Gasteiger partial charge is 0.270 e. The maximum atomic E-state index is 12.9. The van der Waals surface area contributed by atoms with E-state index in [2.05, 4.69) is 25.5 Å². The summed E-state index contributed by atoms with van der Waals surface area (Å²) in [6.07, 6.45) is 2.37. The fraction of sp³-hybridized carbons (Fsp3) is 0.312. The number of nitrogens with zero attached hydrogens (tertiary/aromatic N) is 3. The predicted molar refractivity (Wildman–Crippen MR) is 87.2 cm³/mol. The number of anilines is 2. The van der Waals surface area contributed by atoms with Crippen LogP contribution < -0.4 is 10.6 Å². The molecule has 1 aromatic carbocycles. The van der Waals surface area contributed by atoms with Gasteiger partial charge in [0.1, 0.15) is 11.5 Å². The van der Waals surface area contributed by atoms with E-state index in [0.717, 1.165) is 13.0 Å². The maximum Gasteiger partial charge on any atom is 0.270 e. The van der Waals surface area contributed by atoms with Gasteiger partial charge in [-0.3, -0.25) is 4.79 Å². The Kier molecular flexibility index (Phi) is 5.99. The minimum atomic E-state index is -0.317. The topological polar surface area (TPSA) is 70.2 Å². The minimum Gasteiger partial charge on any atom is -0.351 e. The lowest BCUT2D eigenvalue weighted by molar-refractivity contribution is 0.0947. The largest absolute Gasteiger partial charge is 0.351 e. The molecule has 2 rings (SSSR count).